The van der Waals surface area contributed by atoms with Crippen molar-refractivity contribution in [2.24, 2.45) is 17.8 Å². The third kappa shape index (κ3) is 24.4. The number of unbranched alkanes of at least 4 members (excludes halogenated alkanes) is 3. The van der Waals surface area contributed by atoms with Crippen LogP contribution in [-0.2, 0) is 14.4 Å². The van der Waals surface area contributed by atoms with Crippen LogP contribution in [0.2, 0.25) is 4.44 Å². The standard InChI is InChI=1S/C16H17.3C8H16O2.Sn.H/c1-2-9-16(14-10-5-3-6-11-14)15-12-7-4-8-13-15;3*1-3-5-6-7(4-2)8(9)10;;/h3-8,10-13,16H,1-2,9H2;3*7H,3-6H2,1-2H3,(H,9,10);;. The van der Waals surface area contributed by atoms with Crippen LogP contribution in [0.1, 0.15) is 148 Å². The van der Waals surface area contributed by atoms with E-state index in [4.69, 9.17) is 15.3 Å². The summed E-state index contributed by atoms with van der Waals surface area (Å²) in [4.78, 5) is 31.3. The summed E-state index contributed by atoms with van der Waals surface area (Å²) < 4.78 is 1.39. The molecule has 3 atom stereocenters. The van der Waals surface area contributed by atoms with Gasteiger partial charge in [-0.25, -0.2) is 0 Å². The van der Waals surface area contributed by atoms with Gasteiger partial charge >= 0.3 is 135 Å². The number of rotatable bonds is 20. The van der Waals surface area contributed by atoms with Crippen molar-refractivity contribution in [3.05, 3.63) is 71.8 Å². The van der Waals surface area contributed by atoms with Crippen molar-refractivity contribution >= 4 is 40.4 Å². The molecule has 0 saturated heterocycles. The molecule has 0 amide bonds. The molecule has 3 N–H and O–H groups in total. The number of carbonyl (C=O) groups is 3. The molecule has 2 aromatic carbocycles. The van der Waals surface area contributed by atoms with Gasteiger partial charge in [0.25, 0.3) is 0 Å². The zero-order valence-electron chi connectivity index (χ0n) is 30.3. The second-order valence-corrected chi connectivity index (χ2v) is 13.7. The number of hydrogen-bond donors (Lipinski definition) is 3. The molecule has 0 aliphatic heterocycles. The van der Waals surface area contributed by atoms with E-state index in [0.29, 0.717) is 5.92 Å². The molecule has 0 aromatic heterocycles. The van der Waals surface area contributed by atoms with E-state index >= 15 is 0 Å². The Morgan fingerprint density at radius 3 is 1.02 bits per heavy atom. The summed E-state index contributed by atoms with van der Waals surface area (Å²) in [6.45, 7) is 12.0. The molecule has 0 saturated carbocycles. The van der Waals surface area contributed by atoms with E-state index in [0.717, 1.165) is 77.0 Å². The van der Waals surface area contributed by atoms with Gasteiger partial charge < -0.3 is 15.3 Å². The Morgan fingerprint density at radius 2 is 0.809 bits per heavy atom. The molecule has 2 aromatic rings. The van der Waals surface area contributed by atoms with Crippen molar-refractivity contribution in [3.63, 3.8) is 0 Å². The van der Waals surface area contributed by atoms with E-state index in [1.54, 1.807) is 0 Å². The molecular formula is C40H66O6Sn. The maximum absolute atomic E-state index is 10.4. The van der Waals surface area contributed by atoms with Crippen molar-refractivity contribution < 1.29 is 29.7 Å². The predicted octanol–water partition coefficient (Wildman–Crippen LogP) is 10.8. The van der Waals surface area contributed by atoms with Gasteiger partial charge in [0.05, 0.1) is 17.8 Å². The molecule has 3 unspecified atom stereocenters. The number of aliphatic carboxylic acids is 3. The Balaban J connectivity index is 0. The molecule has 6 nitrogen and oxygen atoms in total. The zero-order valence-corrected chi connectivity index (χ0v) is 33.6. The predicted molar refractivity (Wildman–Crippen MR) is 199 cm³/mol. The van der Waals surface area contributed by atoms with Gasteiger partial charge in [-0.15, -0.1) is 0 Å². The molecule has 0 aliphatic carbocycles. The fourth-order valence-corrected chi connectivity index (χ4v) is 5.75. The fraction of sp³-hybridized carbons (Fsp3) is 0.625. The summed E-state index contributed by atoms with van der Waals surface area (Å²) in [6, 6.07) is 21.8. The van der Waals surface area contributed by atoms with Gasteiger partial charge in [-0.05, 0) is 38.5 Å². The van der Waals surface area contributed by atoms with Crippen LogP contribution >= 0.6 is 0 Å². The molecule has 266 valence electrons. The Bertz CT molecular complexity index is 913. The molecule has 0 spiro atoms. The first-order valence-electron chi connectivity index (χ1n) is 18.1. The quantitative estimate of drug-likeness (QED) is 0.116. The molecule has 47 heavy (non-hydrogen) atoms. The molecule has 2 radical (unpaired) electrons. The van der Waals surface area contributed by atoms with Crippen molar-refractivity contribution in [2.75, 3.05) is 0 Å². The van der Waals surface area contributed by atoms with Crippen molar-refractivity contribution in [2.45, 2.75) is 142 Å². The van der Waals surface area contributed by atoms with Crippen molar-refractivity contribution in [1.82, 2.24) is 0 Å². The van der Waals surface area contributed by atoms with Crippen LogP contribution in [0.4, 0.5) is 0 Å². The fourth-order valence-electron chi connectivity index (χ4n) is 5.08. The Kier molecular flexibility index (Phi) is 32.0. The molecule has 7 heteroatoms. The van der Waals surface area contributed by atoms with Crippen LogP contribution in [0.25, 0.3) is 0 Å². The van der Waals surface area contributed by atoms with Gasteiger partial charge in [0.15, 0.2) is 0 Å². The second-order valence-electron chi connectivity index (χ2n) is 12.1. The van der Waals surface area contributed by atoms with Gasteiger partial charge in [0, 0.05) is 0 Å². The summed E-state index contributed by atoms with van der Waals surface area (Å²) in [7, 11) is 0. The molecule has 0 aliphatic rings. The number of carboxylic acids is 3. The third-order valence-electron chi connectivity index (χ3n) is 8.35. The molecular weight excluding hydrogens is 695 g/mol. The summed E-state index contributed by atoms with van der Waals surface area (Å²) in [6.07, 6.45) is 13.8. The number of carboxylic acid groups (broad SMARTS) is 3. The summed E-state index contributed by atoms with van der Waals surface area (Å²) >= 11 is 1.38. The van der Waals surface area contributed by atoms with E-state index in [1.807, 2.05) is 20.8 Å². The van der Waals surface area contributed by atoms with Gasteiger partial charge in [-0.3, -0.25) is 14.4 Å². The Labute approximate surface area is 300 Å². The summed E-state index contributed by atoms with van der Waals surface area (Å²) in [5.41, 5.74) is 2.90. The van der Waals surface area contributed by atoms with Gasteiger partial charge in [0.2, 0.25) is 0 Å². The topological polar surface area (TPSA) is 112 Å². The van der Waals surface area contributed by atoms with Crippen LogP contribution < -0.4 is 0 Å². The minimum atomic E-state index is -0.643. The van der Waals surface area contributed by atoms with Crippen LogP contribution in [0.5, 0.6) is 0 Å². The Morgan fingerprint density at radius 1 is 0.511 bits per heavy atom. The van der Waals surface area contributed by atoms with Gasteiger partial charge in [-0.2, -0.15) is 0 Å². The summed E-state index contributed by atoms with van der Waals surface area (Å²) in [5.74, 6) is -1.69. The van der Waals surface area contributed by atoms with E-state index in [2.05, 4.69) is 81.4 Å². The maximum atomic E-state index is 10.4. The second kappa shape index (κ2) is 32.2. The normalized spacial score (nSPS) is 12.2. The molecule has 0 fully saturated rings. The van der Waals surface area contributed by atoms with Crippen LogP contribution in [0.15, 0.2) is 60.7 Å². The van der Waals surface area contributed by atoms with E-state index in [1.165, 1.54) is 50.9 Å². The SMILES string of the molecule is CCCCC(CC)C(=O)O.CCCCC(CC)C(=O)O.CCCCC(CC)C(=O)O.[SnH][CH2]CCC(c1ccccc1)c1ccccc1. The first-order valence-corrected chi connectivity index (χ1v) is 20.4. The number of hydrogen-bond acceptors (Lipinski definition) is 3. The van der Waals surface area contributed by atoms with E-state index < -0.39 is 17.9 Å². The van der Waals surface area contributed by atoms with E-state index in [9.17, 15) is 14.4 Å². The van der Waals surface area contributed by atoms with Crippen molar-refractivity contribution in [1.29, 1.82) is 0 Å². The van der Waals surface area contributed by atoms with E-state index in [-0.39, 0.29) is 17.8 Å². The first kappa shape index (κ1) is 46.8. The van der Waals surface area contributed by atoms with Crippen molar-refractivity contribution in [3.8, 4) is 0 Å². The van der Waals surface area contributed by atoms with Crippen LogP contribution in [0, 0.1) is 17.8 Å². The molecule has 0 heterocycles. The average Bonchev–Trinajstić information content (AvgIpc) is 3.07. The Hall–Kier alpha value is -2.35. The van der Waals surface area contributed by atoms with Crippen LogP contribution in [-0.4, -0.2) is 55.8 Å². The molecule has 0 bridgehead atoms. The zero-order chi connectivity index (χ0) is 35.9. The van der Waals surface area contributed by atoms with Crippen LogP contribution in [0.3, 0.4) is 0 Å². The van der Waals surface area contributed by atoms with Gasteiger partial charge in [-0.1, -0.05) is 80.1 Å². The first-order chi connectivity index (χ1) is 22.6. The third-order valence-corrected chi connectivity index (χ3v) is 9.51. The number of benzene rings is 2. The minimum absolute atomic E-state index is 0.111. The monoisotopic (exact) mass is 762 g/mol. The average molecular weight is 762 g/mol. The summed E-state index contributed by atoms with van der Waals surface area (Å²) in [5, 5.41) is 25.8. The van der Waals surface area contributed by atoms with Gasteiger partial charge in [0.1, 0.15) is 0 Å². The molecule has 2 rings (SSSR count).